The van der Waals surface area contributed by atoms with E-state index in [4.69, 9.17) is 4.74 Å². The van der Waals surface area contributed by atoms with Crippen molar-refractivity contribution >= 4 is 16.8 Å². The van der Waals surface area contributed by atoms with Crippen molar-refractivity contribution in [2.24, 2.45) is 5.92 Å². The van der Waals surface area contributed by atoms with Crippen LogP contribution in [0.2, 0.25) is 0 Å². The highest BCUT2D eigenvalue weighted by Crippen LogP contribution is 2.20. The molecule has 1 amide bonds. The molecule has 1 aliphatic heterocycles. The van der Waals surface area contributed by atoms with E-state index in [0.29, 0.717) is 18.0 Å². The number of amides is 1. The molecule has 3 rings (SSSR count). The Morgan fingerprint density at radius 3 is 2.96 bits per heavy atom. The van der Waals surface area contributed by atoms with Crippen LogP contribution in [-0.2, 0) is 11.3 Å². The molecule has 1 saturated heterocycles. The van der Waals surface area contributed by atoms with Gasteiger partial charge in [0.25, 0.3) is 5.91 Å². The van der Waals surface area contributed by atoms with Crippen molar-refractivity contribution < 1.29 is 9.53 Å². The highest BCUT2D eigenvalue weighted by atomic mass is 16.5. The Kier molecular flexibility index (Phi) is 4.63. The van der Waals surface area contributed by atoms with E-state index in [1.54, 1.807) is 7.11 Å². The van der Waals surface area contributed by atoms with E-state index in [0.717, 1.165) is 36.1 Å². The second-order valence-electron chi connectivity index (χ2n) is 6.36. The van der Waals surface area contributed by atoms with Crippen molar-refractivity contribution in [3.8, 4) is 0 Å². The zero-order chi connectivity index (χ0) is 16.4. The molecule has 6 heteroatoms. The van der Waals surface area contributed by atoms with E-state index < -0.39 is 0 Å². The topological polar surface area (TPSA) is 68.2 Å². The molecule has 0 spiro atoms. The van der Waals surface area contributed by atoms with Crippen molar-refractivity contribution in [1.82, 2.24) is 20.4 Å². The summed E-state index contributed by atoms with van der Waals surface area (Å²) in [6.07, 6.45) is 2.03. The lowest BCUT2D eigenvalue weighted by Gasteiger charge is -2.26. The summed E-state index contributed by atoms with van der Waals surface area (Å²) >= 11 is 0. The predicted molar refractivity (Wildman–Crippen MR) is 89.6 cm³/mol. The minimum absolute atomic E-state index is 0.00169. The summed E-state index contributed by atoms with van der Waals surface area (Å²) in [5, 5.41) is 11.8. The molecular weight excluding hydrogens is 292 g/mol. The van der Waals surface area contributed by atoms with Gasteiger partial charge in [-0.3, -0.25) is 9.48 Å². The van der Waals surface area contributed by atoms with Crippen molar-refractivity contribution in [1.29, 1.82) is 0 Å². The van der Waals surface area contributed by atoms with Gasteiger partial charge in [0.2, 0.25) is 0 Å². The number of carbonyl (C=O) groups is 1. The van der Waals surface area contributed by atoms with Crippen molar-refractivity contribution in [2.75, 3.05) is 26.7 Å². The molecule has 1 unspecified atom stereocenters. The molecule has 2 aromatic rings. The molecular formula is C17H24N4O2. The SMILES string of the molecule is COC(C)CNC(=O)c1cc2cn(CC3CNC3)nc2cc1C. The Hall–Kier alpha value is -1.92. The summed E-state index contributed by atoms with van der Waals surface area (Å²) in [5.41, 5.74) is 2.58. The van der Waals surface area contributed by atoms with E-state index >= 15 is 0 Å². The number of aromatic nitrogens is 2. The maximum atomic E-state index is 12.4. The first kappa shape index (κ1) is 16.0. The lowest BCUT2D eigenvalue weighted by atomic mass is 10.0. The number of nitrogens with zero attached hydrogens (tertiary/aromatic N) is 2. The summed E-state index contributed by atoms with van der Waals surface area (Å²) in [6.45, 7) is 7.41. The molecule has 0 aliphatic carbocycles. The third-order valence-corrected chi connectivity index (χ3v) is 4.41. The predicted octanol–water partition coefficient (Wildman–Crippen LogP) is 1.33. The molecule has 2 heterocycles. The van der Waals surface area contributed by atoms with Crippen LogP contribution < -0.4 is 10.6 Å². The molecule has 0 radical (unpaired) electrons. The van der Waals surface area contributed by atoms with E-state index in [1.165, 1.54) is 0 Å². The van der Waals surface area contributed by atoms with E-state index in [-0.39, 0.29) is 12.0 Å². The fourth-order valence-corrected chi connectivity index (χ4v) is 2.72. The molecule has 124 valence electrons. The second kappa shape index (κ2) is 6.68. The summed E-state index contributed by atoms with van der Waals surface area (Å²) < 4.78 is 7.15. The largest absolute Gasteiger partial charge is 0.380 e. The minimum Gasteiger partial charge on any atom is -0.380 e. The van der Waals surface area contributed by atoms with Gasteiger partial charge in [-0.1, -0.05) is 0 Å². The molecule has 1 aliphatic rings. The fraction of sp³-hybridized carbons (Fsp3) is 0.529. The monoisotopic (exact) mass is 316 g/mol. The number of nitrogens with one attached hydrogen (secondary N) is 2. The van der Waals surface area contributed by atoms with Gasteiger partial charge in [0.1, 0.15) is 0 Å². The van der Waals surface area contributed by atoms with Crippen LogP contribution in [0.4, 0.5) is 0 Å². The van der Waals surface area contributed by atoms with Crippen LogP contribution in [0.25, 0.3) is 10.9 Å². The molecule has 6 nitrogen and oxygen atoms in total. The third kappa shape index (κ3) is 3.54. The Morgan fingerprint density at radius 2 is 2.30 bits per heavy atom. The van der Waals surface area contributed by atoms with Crippen LogP contribution in [-0.4, -0.2) is 48.5 Å². The number of hydrogen-bond acceptors (Lipinski definition) is 4. The number of fused-ring (bicyclic) bond motifs is 1. The highest BCUT2D eigenvalue weighted by molar-refractivity contribution is 5.99. The maximum Gasteiger partial charge on any atom is 0.251 e. The first-order chi connectivity index (χ1) is 11.1. The van der Waals surface area contributed by atoms with E-state index in [1.807, 2.05) is 36.9 Å². The number of hydrogen-bond donors (Lipinski definition) is 2. The van der Waals surface area contributed by atoms with Gasteiger partial charge in [0.05, 0.1) is 11.6 Å². The van der Waals surface area contributed by atoms with Gasteiger partial charge in [0, 0.05) is 56.4 Å². The molecule has 0 saturated carbocycles. The molecule has 2 N–H and O–H groups in total. The van der Waals surface area contributed by atoms with Gasteiger partial charge in [-0.05, 0) is 31.5 Å². The standard InChI is InChI=1S/C17H24N4O2/c1-11-4-16-14(10-21(20-16)9-13-7-18-8-13)5-15(11)17(22)19-6-12(2)23-3/h4-5,10,12-13,18H,6-9H2,1-3H3,(H,19,22). The lowest BCUT2D eigenvalue weighted by Crippen LogP contribution is -2.44. The number of methoxy groups -OCH3 is 1. The van der Waals surface area contributed by atoms with Crippen LogP contribution >= 0.6 is 0 Å². The normalized spacial score (nSPS) is 16.3. The molecule has 1 fully saturated rings. The average Bonchev–Trinajstić information content (AvgIpc) is 2.88. The van der Waals surface area contributed by atoms with Crippen LogP contribution in [0.1, 0.15) is 22.8 Å². The van der Waals surface area contributed by atoms with Gasteiger partial charge >= 0.3 is 0 Å². The summed E-state index contributed by atoms with van der Waals surface area (Å²) in [7, 11) is 1.64. The van der Waals surface area contributed by atoms with Crippen molar-refractivity contribution in [3.63, 3.8) is 0 Å². The zero-order valence-electron chi connectivity index (χ0n) is 13.9. The number of carbonyl (C=O) groups excluding carboxylic acids is 1. The minimum atomic E-state index is -0.0655. The maximum absolute atomic E-state index is 12.4. The number of benzene rings is 1. The Labute approximate surface area is 136 Å². The highest BCUT2D eigenvalue weighted by Gasteiger charge is 2.18. The smallest absolute Gasteiger partial charge is 0.251 e. The Morgan fingerprint density at radius 1 is 1.52 bits per heavy atom. The molecule has 0 bridgehead atoms. The van der Waals surface area contributed by atoms with Crippen LogP contribution in [0.5, 0.6) is 0 Å². The van der Waals surface area contributed by atoms with E-state index in [2.05, 4.69) is 15.7 Å². The number of rotatable bonds is 6. The van der Waals surface area contributed by atoms with Gasteiger partial charge in [-0.25, -0.2) is 0 Å². The number of ether oxygens (including phenoxy) is 1. The number of aryl methyl sites for hydroxylation is 1. The van der Waals surface area contributed by atoms with Crippen molar-refractivity contribution in [3.05, 3.63) is 29.5 Å². The zero-order valence-corrected chi connectivity index (χ0v) is 13.9. The molecule has 1 aromatic heterocycles. The van der Waals surface area contributed by atoms with Crippen LogP contribution in [0.15, 0.2) is 18.3 Å². The van der Waals surface area contributed by atoms with Crippen LogP contribution in [0, 0.1) is 12.8 Å². The summed E-state index contributed by atoms with van der Waals surface area (Å²) in [5.74, 6) is 0.591. The average molecular weight is 316 g/mol. The van der Waals surface area contributed by atoms with Crippen molar-refractivity contribution in [2.45, 2.75) is 26.5 Å². The molecule has 1 atom stereocenters. The lowest BCUT2D eigenvalue weighted by molar-refractivity contribution is 0.0870. The molecule has 1 aromatic carbocycles. The van der Waals surface area contributed by atoms with Crippen LogP contribution in [0.3, 0.4) is 0 Å². The Bertz CT molecular complexity index is 706. The second-order valence-corrected chi connectivity index (χ2v) is 6.36. The molecule has 23 heavy (non-hydrogen) atoms. The van der Waals surface area contributed by atoms with Gasteiger partial charge in [-0.2, -0.15) is 5.10 Å². The quantitative estimate of drug-likeness (QED) is 0.844. The van der Waals surface area contributed by atoms with Gasteiger partial charge < -0.3 is 15.4 Å². The fourth-order valence-electron chi connectivity index (χ4n) is 2.72. The first-order valence-electron chi connectivity index (χ1n) is 8.06. The van der Waals surface area contributed by atoms with Gasteiger partial charge in [-0.15, -0.1) is 0 Å². The third-order valence-electron chi connectivity index (χ3n) is 4.41. The Balaban J connectivity index is 1.77. The van der Waals surface area contributed by atoms with Gasteiger partial charge in [0.15, 0.2) is 0 Å². The summed E-state index contributed by atoms with van der Waals surface area (Å²) in [6, 6.07) is 3.92. The first-order valence-corrected chi connectivity index (χ1v) is 8.06. The summed E-state index contributed by atoms with van der Waals surface area (Å²) in [4.78, 5) is 12.4. The van der Waals surface area contributed by atoms with E-state index in [9.17, 15) is 4.79 Å².